The molecular weight excluding hydrogens is 204 g/mol. The number of aryl methyl sites for hydroxylation is 1. The number of amides is 1. The number of aromatic nitrogens is 2. The smallest absolute Gasteiger partial charge is 0.237 e. The van der Waals surface area contributed by atoms with Gasteiger partial charge in [-0.15, -0.1) is 0 Å². The average molecular weight is 220 g/mol. The topological polar surface area (TPSA) is 70.7 Å². The van der Waals surface area contributed by atoms with Crippen molar-refractivity contribution in [2.75, 3.05) is 6.54 Å². The van der Waals surface area contributed by atoms with Gasteiger partial charge in [-0.3, -0.25) is 9.48 Å². The molecule has 5 heteroatoms. The first-order valence-electron chi connectivity index (χ1n) is 5.33. The summed E-state index contributed by atoms with van der Waals surface area (Å²) in [6.07, 6.45) is 3.00. The van der Waals surface area contributed by atoms with Crippen LogP contribution in [-0.2, 0) is 18.3 Å². The van der Waals surface area contributed by atoms with Gasteiger partial charge < -0.3 is 5.32 Å². The van der Waals surface area contributed by atoms with E-state index in [4.69, 9.17) is 5.26 Å². The Hall–Kier alpha value is -1.83. The fourth-order valence-electron chi connectivity index (χ4n) is 1.42. The molecule has 1 N–H and O–H groups in total. The molecule has 1 amide bonds. The maximum absolute atomic E-state index is 11.5. The van der Waals surface area contributed by atoms with Crippen LogP contribution in [0.4, 0.5) is 0 Å². The number of nitrogens with one attached hydrogen (secondary N) is 1. The van der Waals surface area contributed by atoms with Crippen LogP contribution in [0.1, 0.15) is 19.0 Å². The highest BCUT2D eigenvalue weighted by atomic mass is 16.1. The molecule has 1 rings (SSSR count). The van der Waals surface area contributed by atoms with Crippen molar-refractivity contribution in [1.29, 1.82) is 5.26 Å². The van der Waals surface area contributed by atoms with Crippen LogP contribution in [0, 0.1) is 17.2 Å². The van der Waals surface area contributed by atoms with Crippen LogP contribution in [-0.4, -0.2) is 22.2 Å². The Morgan fingerprint density at radius 2 is 2.50 bits per heavy atom. The first-order chi connectivity index (χ1) is 7.69. The quantitative estimate of drug-likeness (QED) is 0.791. The second kappa shape index (κ2) is 5.91. The van der Waals surface area contributed by atoms with Crippen molar-refractivity contribution < 1.29 is 4.79 Å². The van der Waals surface area contributed by atoms with Gasteiger partial charge in [0, 0.05) is 31.9 Å². The average Bonchev–Trinajstić information content (AvgIpc) is 2.66. The minimum absolute atomic E-state index is 0.188. The van der Waals surface area contributed by atoms with E-state index < -0.39 is 5.92 Å². The van der Waals surface area contributed by atoms with Crippen molar-refractivity contribution >= 4 is 5.91 Å². The molecule has 86 valence electrons. The van der Waals surface area contributed by atoms with E-state index >= 15 is 0 Å². The molecular formula is C11H16N4O. The van der Waals surface area contributed by atoms with Crippen molar-refractivity contribution in [3.8, 4) is 6.07 Å². The Bertz CT molecular complexity index is 391. The van der Waals surface area contributed by atoms with Gasteiger partial charge in [0.25, 0.3) is 0 Å². The van der Waals surface area contributed by atoms with Crippen LogP contribution in [0.2, 0.25) is 0 Å². The third-order valence-corrected chi connectivity index (χ3v) is 2.48. The fourth-order valence-corrected chi connectivity index (χ4v) is 1.42. The van der Waals surface area contributed by atoms with Crippen LogP contribution in [0.25, 0.3) is 0 Å². The van der Waals surface area contributed by atoms with Crippen LogP contribution in [0.3, 0.4) is 0 Å². The van der Waals surface area contributed by atoms with E-state index in [1.807, 2.05) is 26.1 Å². The predicted octanol–water partition coefficient (Wildman–Crippen LogP) is 0.629. The summed E-state index contributed by atoms with van der Waals surface area (Å²) in [7, 11) is 1.86. The number of hydrogen-bond donors (Lipinski definition) is 1. The monoisotopic (exact) mass is 220 g/mol. The summed E-state index contributed by atoms with van der Waals surface area (Å²) in [5.41, 5.74) is 1.06. The van der Waals surface area contributed by atoms with E-state index in [-0.39, 0.29) is 5.91 Å². The number of rotatable bonds is 5. The van der Waals surface area contributed by atoms with E-state index in [0.29, 0.717) is 13.0 Å². The molecule has 0 radical (unpaired) electrons. The first-order valence-corrected chi connectivity index (χ1v) is 5.33. The molecule has 16 heavy (non-hydrogen) atoms. The molecule has 1 heterocycles. The minimum Gasteiger partial charge on any atom is -0.355 e. The van der Waals surface area contributed by atoms with Gasteiger partial charge in [0.05, 0.1) is 6.07 Å². The van der Waals surface area contributed by atoms with Gasteiger partial charge in [-0.1, -0.05) is 6.92 Å². The maximum atomic E-state index is 11.5. The van der Waals surface area contributed by atoms with E-state index in [1.54, 1.807) is 10.9 Å². The summed E-state index contributed by atoms with van der Waals surface area (Å²) < 4.78 is 1.77. The summed E-state index contributed by atoms with van der Waals surface area (Å²) in [5.74, 6) is -0.723. The second-order valence-corrected chi connectivity index (χ2v) is 3.58. The second-order valence-electron chi connectivity index (χ2n) is 3.58. The normalized spacial score (nSPS) is 11.8. The minimum atomic E-state index is -0.536. The molecule has 1 aromatic heterocycles. The molecule has 0 bridgehead atoms. The van der Waals surface area contributed by atoms with Crippen LogP contribution < -0.4 is 5.32 Å². The highest BCUT2D eigenvalue weighted by molar-refractivity contribution is 5.80. The van der Waals surface area contributed by atoms with E-state index in [9.17, 15) is 4.79 Å². The summed E-state index contributed by atoms with van der Waals surface area (Å²) >= 11 is 0. The van der Waals surface area contributed by atoms with Crippen molar-refractivity contribution in [2.24, 2.45) is 13.0 Å². The van der Waals surface area contributed by atoms with Gasteiger partial charge in [0.15, 0.2) is 0 Å². The van der Waals surface area contributed by atoms with Gasteiger partial charge in [-0.25, -0.2) is 0 Å². The Labute approximate surface area is 95.1 Å². The largest absolute Gasteiger partial charge is 0.355 e. The highest BCUT2D eigenvalue weighted by Gasteiger charge is 2.14. The number of nitrogens with zero attached hydrogens (tertiary/aromatic N) is 3. The third kappa shape index (κ3) is 3.09. The van der Waals surface area contributed by atoms with Gasteiger partial charge in [-0.2, -0.15) is 10.4 Å². The SMILES string of the molecule is CCC(C#N)C(=O)NCCc1ccnn1C. The summed E-state index contributed by atoms with van der Waals surface area (Å²) in [6, 6.07) is 3.89. The molecule has 1 unspecified atom stereocenters. The number of nitriles is 1. The Morgan fingerprint density at radius 1 is 1.75 bits per heavy atom. The van der Waals surface area contributed by atoms with Crippen molar-refractivity contribution in [1.82, 2.24) is 15.1 Å². The van der Waals surface area contributed by atoms with Crippen LogP contribution in [0.15, 0.2) is 12.3 Å². The van der Waals surface area contributed by atoms with E-state index in [0.717, 1.165) is 12.1 Å². The molecule has 5 nitrogen and oxygen atoms in total. The third-order valence-electron chi connectivity index (χ3n) is 2.48. The molecule has 0 saturated heterocycles. The fraction of sp³-hybridized carbons (Fsp3) is 0.545. The number of carbonyl (C=O) groups is 1. The molecule has 0 saturated carbocycles. The van der Waals surface area contributed by atoms with Crippen molar-refractivity contribution in [3.63, 3.8) is 0 Å². The lowest BCUT2D eigenvalue weighted by Crippen LogP contribution is -2.31. The van der Waals surface area contributed by atoms with E-state index in [1.165, 1.54) is 0 Å². The molecule has 0 spiro atoms. The molecule has 0 fully saturated rings. The molecule has 0 aliphatic heterocycles. The van der Waals surface area contributed by atoms with Crippen molar-refractivity contribution in [3.05, 3.63) is 18.0 Å². The van der Waals surface area contributed by atoms with Crippen LogP contribution in [0.5, 0.6) is 0 Å². The maximum Gasteiger partial charge on any atom is 0.237 e. The molecule has 0 aliphatic carbocycles. The van der Waals surface area contributed by atoms with E-state index in [2.05, 4.69) is 10.4 Å². The summed E-state index contributed by atoms with van der Waals surface area (Å²) in [5, 5.41) is 15.5. The molecule has 0 aliphatic rings. The first kappa shape index (κ1) is 12.2. The van der Waals surface area contributed by atoms with Gasteiger partial charge in [0.2, 0.25) is 5.91 Å². The Balaban J connectivity index is 2.34. The lowest BCUT2D eigenvalue weighted by Gasteiger charge is -2.08. The number of hydrogen-bond acceptors (Lipinski definition) is 3. The lowest BCUT2D eigenvalue weighted by atomic mass is 10.1. The zero-order chi connectivity index (χ0) is 12.0. The zero-order valence-corrected chi connectivity index (χ0v) is 9.60. The highest BCUT2D eigenvalue weighted by Crippen LogP contribution is 2.00. The zero-order valence-electron chi connectivity index (χ0n) is 9.60. The summed E-state index contributed by atoms with van der Waals surface area (Å²) in [4.78, 5) is 11.5. The Kier molecular flexibility index (Phi) is 4.52. The Morgan fingerprint density at radius 3 is 3.00 bits per heavy atom. The van der Waals surface area contributed by atoms with Gasteiger partial charge >= 0.3 is 0 Å². The molecule has 1 atom stereocenters. The van der Waals surface area contributed by atoms with Crippen LogP contribution >= 0.6 is 0 Å². The van der Waals surface area contributed by atoms with Gasteiger partial charge in [0.1, 0.15) is 5.92 Å². The predicted molar refractivity (Wildman–Crippen MR) is 59.3 cm³/mol. The molecule has 1 aromatic rings. The number of carbonyl (C=O) groups excluding carboxylic acids is 1. The lowest BCUT2D eigenvalue weighted by molar-refractivity contribution is -0.123. The molecule has 0 aromatic carbocycles. The van der Waals surface area contributed by atoms with Crippen molar-refractivity contribution in [2.45, 2.75) is 19.8 Å². The summed E-state index contributed by atoms with van der Waals surface area (Å²) in [6.45, 7) is 2.37. The van der Waals surface area contributed by atoms with Gasteiger partial charge in [-0.05, 0) is 12.5 Å². The standard InChI is InChI=1S/C11H16N4O/c1-3-9(8-12)11(16)13-6-4-10-5-7-14-15(10)2/h5,7,9H,3-4,6H2,1-2H3,(H,13,16).